The standard InChI is InChI=1S/C11H12F3NO3/c1-18-9-3-2-7(4-8(9)12)10(17)15-5-11(13,14)6-16/h2-4,16H,5-6H2,1H3,(H,15,17). The van der Waals surface area contributed by atoms with Crippen LogP contribution in [0.2, 0.25) is 0 Å². The monoisotopic (exact) mass is 263 g/mol. The summed E-state index contributed by atoms with van der Waals surface area (Å²) in [4.78, 5) is 11.4. The maximum atomic E-state index is 13.3. The number of halogens is 3. The van der Waals surface area contributed by atoms with Gasteiger partial charge in [0.2, 0.25) is 0 Å². The molecule has 7 heteroatoms. The second kappa shape index (κ2) is 5.72. The smallest absolute Gasteiger partial charge is 0.287 e. The van der Waals surface area contributed by atoms with Crippen molar-refractivity contribution in [1.82, 2.24) is 5.32 Å². The molecule has 0 aromatic heterocycles. The predicted molar refractivity (Wildman–Crippen MR) is 57.3 cm³/mol. The molecule has 1 rings (SSSR count). The molecular formula is C11H12F3NO3. The van der Waals surface area contributed by atoms with Crippen molar-refractivity contribution in [2.45, 2.75) is 5.92 Å². The fourth-order valence-electron chi connectivity index (χ4n) is 1.18. The summed E-state index contributed by atoms with van der Waals surface area (Å²) in [6.45, 7) is -2.39. The summed E-state index contributed by atoms with van der Waals surface area (Å²) < 4.78 is 43.2. The van der Waals surface area contributed by atoms with Crippen LogP contribution in [0.25, 0.3) is 0 Å². The zero-order valence-electron chi connectivity index (χ0n) is 9.54. The highest BCUT2D eigenvalue weighted by atomic mass is 19.3. The van der Waals surface area contributed by atoms with Crippen LogP contribution in [0.1, 0.15) is 10.4 Å². The van der Waals surface area contributed by atoms with E-state index < -0.39 is 30.8 Å². The highest BCUT2D eigenvalue weighted by Gasteiger charge is 2.28. The van der Waals surface area contributed by atoms with Gasteiger partial charge in [-0.2, -0.15) is 0 Å². The normalized spacial score (nSPS) is 11.2. The second-order valence-corrected chi connectivity index (χ2v) is 3.55. The summed E-state index contributed by atoms with van der Waals surface area (Å²) in [6, 6.07) is 3.34. The summed E-state index contributed by atoms with van der Waals surface area (Å²) in [6.07, 6.45) is 0. The van der Waals surface area contributed by atoms with Crippen molar-refractivity contribution in [3.63, 3.8) is 0 Å². The lowest BCUT2D eigenvalue weighted by molar-refractivity contribution is -0.0462. The van der Waals surface area contributed by atoms with Crippen molar-refractivity contribution in [3.05, 3.63) is 29.6 Å². The minimum Gasteiger partial charge on any atom is -0.494 e. The number of hydrogen-bond donors (Lipinski definition) is 2. The number of alkyl halides is 2. The molecule has 1 aromatic rings. The number of ether oxygens (including phenoxy) is 1. The van der Waals surface area contributed by atoms with Crippen LogP contribution in [0, 0.1) is 5.82 Å². The highest BCUT2D eigenvalue weighted by molar-refractivity contribution is 5.94. The van der Waals surface area contributed by atoms with E-state index in [1.165, 1.54) is 19.2 Å². The van der Waals surface area contributed by atoms with Gasteiger partial charge in [0.05, 0.1) is 13.7 Å². The lowest BCUT2D eigenvalue weighted by atomic mass is 10.2. The molecule has 2 N–H and O–H groups in total. The third kappa shape index (κ3) is 3.63. The van der Waals surface area contributed by atoms with Crippen molar-refractivity contribution < 1.29 is 27.8 Å². The summed E-state index contributed by atoms with van der Waals surface area (Å²) >= 11 is 0. The Hall–Kier alpha value is -1.76. The van der Waals surface area contributed by atoms with Crippen molar-refractivity contribution >= 4 is 5.91 Å². The second-order valence-electron chi connectivity index (χ2n) is 3.55. The molecule has 0 aliphatic heterocycles. The molecule has 1 aromatic carbocycles. The van der Waals surface area contributed by atoms with E-state index in [-0.39, 0.29) is 11.3 Å². The van der Waals surface area contributed by atoms with Gasteiger partial charge in [0.1, 0.15) is 6.61 Å². The molecule has 0 unspecified atom stereocenters. The molecule has 18 heavy (non-hydrogen) atoms. The predicted octanol–water partition coefficient (Wildman–Crippen LogP) is 1.19. The van der Waals surface area contributed by atoms with E-state index in [0.29, 0.717) is 0 Å². The molecule has 4 nitrogen and oxygen atoms in total. The fraction of sp³-hybridized carbons (Fsp3) is 0.364. The number of benzene rings is 1. The number of nitrogens with one attached hydrogen (secondary N) is 1. The minimum absolute atomic E-state index is 0.0489. The largest absolute Gasteiger partial charge is 0.494 e. The van der Waals surface area contributed by atoms with Crippen LogP contribution >= 0.6 is 0 Å². The lowest BCUT2D eigenvalue weighted by Crippen LogP contribution is -2.39. The molecule has 0 heterocycles. The molecule has 0 bridgehead atoms. The van der Waals surface area contributed by atoms with E-state index in [0.717, 1.165) is 6.07 Å². The maximum absolute atomic E-state index is 13.3. The molecular weight excluding hydrogens is 251 g/mol. The van der Waals surface area contributed by atoms with Gasteiger partial charge in [0.15, 0.2) is 11.6 Å². The van der Waals surface area contributed by atoms with E-state index in [4.69, 9.17) is 5.11 Å². The first-order valence-corrected chi connectivity index (χ1v) is 5.00. The average molecular weight is 263 g/mol. The van der Waals surface area contributed by atoms with Crippen molar-refractivity contribution in [3.8, 4) is 5.75 Å². The van der Waals surface area contributed by atoms with Gasteiger partial charge in [-0.15, -0.1) is 0 Å². The topological polar surface area (TPSA) is 58.6 Å². The first-order chi connectivity index (χ1) is 8.39. The van der Waals surface area contributed by atoms with E-state index in [2.05, 4.69) is 4.74 Å². The molecule has 0 spiro atoms. The van der Waals surface area contributed by atoms with Gasteiger partial charge in [-0.1, -0.05) is 0 Å². The van der Waals surface area contributed by atoms with Crippen LogP contribution in [-0.4, -0.2) is 37.2 Å². The number of aliphatic hydroxyl groups excluding tert-OH is 1. The summed E-state index contributed by atoms with van der Waals surface area (Å²) in [5, 5.41) is 10.2. The molecule has 100 valence electrons. The third-order valence-electron chi connectivity index (χ3n) is 2.15. The summed E-state index contributed by atoms with van der Waals surface area (Å²) in [5.41, 5.74) is -0.109. The Morgan fingerprint density at radius 1 is 1.50 bits per heavy atom. The average Bonchev–Trinajstić information content (AvgIpc) is 2.36. The van der Waals surface area contributed by atoms with Crippen LogP contribution in [0.3, 0.4) is 0 Å². The van der Waals surface area contributed by atoms with Gasteiger partial charge in [-0.3, -0.25) is 4.79 Å². The first kappa shape index (κ1) is 14.3. The Labute approximate surface area is 101 Å². The van der Waals surface area contributed by atoms with Crippen molar-refractivity contribution in [2.24, 2.45) is 0 Å². The van der Waals surface area contributed by atoms with Crippen molar-refractivity contribution in [2.75, 3.05) is 20.3 Å². The van der Waals surface area contributed by atoms with Gasteiger partial charge in [0, 0.05) is 5.56 Å². The highest BCUT2D eigenvalue weighted by Crippen LogP contribution is 2.18. The number of methoxy groups -OCH3 is 1. The number of carbonyl (C=O) groups excluding carboxylic acids is 1. The molecule has 0 saturated heterocycles. The number of hydrogen-bond acceptors (Lipinski definition) is 3. The molecule has 0 aliphatic rings. The van der Waals surface area contributed by atoms with Crippen LogP contribution in [0.4, 0.5) is 13.2 Å². The zero-order chi connectivity index (χ0) is 13.8. The Kier molecular flexibility index (Phi) is 4.55. The van der Waals surface area contributed by atoms with Gasteiger partial charge < -0.3 is 15.2 Å². The van der Waals surface area contributed by atoms with Crippen LogP contribution < -0.4 is 10.1 Å². The number of carbonyl (C=O) groups is 1. The molecule has 0 fully saturated rings. The van der Waals surface area contributed by atoms with Crippen LogP contribution in [-0.2, 0) is 0 Å². The zero-order valence-corrected chi connectivity index (χ0v) is 9.54. The van der Waals surface area contributed by atoms with Gasteiger partial charge in [-0.05, 0) is 18.2 Å². The van der Waals surface area contributed by atoms with E-state index in [1.807, 2.05) is 5.32 Å². The van der Waals surface area contributed by atoms with E-state index in [1.54, 1.807) is 0 Å². The molecule has 0 aliphatic carbocycles. The van der Waals surface area contributed by atoms with Gasteiger partial charge in [0.25, 0.3) is 11.8 Å². The fourth-order valence-corrected chi connectivity index (χ4v) is 1.18. The Bertz CT molecular complexity index is 438. The van der Waals surface area contributed by atoms with Crippen molar-refractivity contribution in [1.29, 1.82) is 0 Å². The first-order valence-electron chi connectivity index (χ1n) is 5.00. The van der Waals surface area contributed by atoms with Crippen LogP contribution in [0.15, 0.2) is 18.2 Å². The third-order valence-corrected chi connectivity index (χ3v) is 2.15. The number of aliphatic hydroxyl groups is 1. The van der Waals surface area contributed by atoms with Crippen LogP contribution in [0.5, 0.6) is 5.75 Å². The molecule has 0 saturated carbocycles. The summed E-state index contributed by atoms with van der Waals surface area (Å²) in [7, 11) is 1.26. The van der Waals surface area contributed by atoms with Gasteiger partial charge in [-0.25, -0.2) is 13.2 Å². The Morgan fingerprint density at radius 3 is 2.67 bits per heavy atom. The molecule has 0 atom stereocenters. The van der Waals surface area contributed by atoms with E-state index >= 15 is 0 Å². The van der Waals surface area contributed by atoms with E-state index in [9.17, 15) is 18.0 Å². The maximum Gasteiger partial charge on any atom is 0.287 e. The lowest BCUT2D eigenvalue weighted by Gasteiger charge is -2.14. The quantitative estimate of drug-likeness (QED) is 0.839. The minimum atomic E-state index is -3.40. The molecule has 1 amide bonds. The summed E-state index contributed by atoms with van der Waals surface area (Å²) in [5.74, 6) is -5.07. The number of rotatable bonds is 5. The molecule has 0 radical (unpaired) electrons. The van der Waals surface area contributed by atoms with Gasteiger partial charge >= 0.3 is 0 Å². The Morgan fingerprint density at radius 2 is 2.17 bits per heavy atom. The SMILES string of the molecule is COc1ccc(C(=O)NCC(F)(F)CO)cc1F. The Balaban J connectivity index is 2.71. The number of amides is 1.